The SMILES string of the molecule is CC(C)(C)NS(=O)(=O)c1cc(N)ccc1-c1cnc(C2CCC(NC(=O)O)CC2)s1. The normalized spacial score (nSPS) is 20.1. The quantitative estimate of drug-likeness (QED) is 0.510. The summed E-state index contributed by atoms with van der Waals surface area (Å²) in [6.07, 6.45) is 3.94. The maximum Gasteiger partial charge on any atom is 0.404 e. The van der Waals surface area contributed by atoms with Crippen LogP contribution < -0.4 is 15.8 Å². The Morgan fingerprint density at radius 3 is 2.50 bits per heavy atom. The summed E-state index contributed by atoms with van der Waals surface area (Å²) in [7, 11) is -3.77. The van der Waals surface area contributed by atoms with Gasteiger partial charge in [0.15, 0.2) is 0 Å². The summed E-state index contributed by atoms with van der Waals surface area (Å²) in [5, 5.41) is 12.4. The van der Waals surface area contributed by atoms with Crippen molar-refractivity contribution >= 4 is 33.1 Å². The highest BCUT2D eigenvalue weighted by molar-refractivity contribution is 7.89. The Labute approximate surface area is 181 Å². The van der Waals surface area contributed by atoms with Gasteiger partial charge in [0.25, 0.3) is 0 Å². The van der Waals surface area contributed by atoms with E-state index in [2.05, 4.69) is 15.0 Å². The van der Waals surface area contributed by atoms with Crippen molar-refractivity contribution in [2.45, 2.75) is 68.8 Å². The molecule has 1 fully saturated rings. The molecule has 1 heterocycles. The van der Waals surface area contributed by atoms with Crippen molar-refractivity contribution in [3.63, 3.8) is 0 Å². The van der Waals surface area contributed by atoms with Gasteiger partial charge in [0.05, 0.1) is 14.8 Å². The van der Waals surface area contributed by atoms with Gasteiger partial charge in [0.1, 0.15) is 0 Å². The average Bonchev–Trinajstić information content (AvgIpc) is 3.09. The van der Waals surface area contributed by atoms with E-state index >= 15 is 0 Å². The largest absolute Gasteiger partial charge is 0.465 e. The minimum Gasteiger partial charge on any atom is -0.465 e. The van der Waals surface area contributed by atoms with E-state index in [-0.39, 0.29) is 16.9 Å². The van der Waals surface area contributed by atoms with Gasteiger partial charge in [-0.1, -0.05) is 6.07 Å². The number of rotatable bonds is 5. The lowest BCUT2D eigenvalue weighted by molar-refractivity contribution is 0.185. The van der Waals surface area contributed by atoms with Gasteiger partial charge < -0.3 is 16.2 Å². The van der Waals surface area contributed by atoms with Crippen LogP contribution in [0.25, 0.3) is 10.4 Å². The molecule has 0 saturated heterocycles. The monoisotopic (exact) mass is 452 g/mol. The van der Waals surface area contributed by atoms with Crippen LogP contribution in [-0.4, -0.2) is 36.2 Å². The van der Waals surface area contributed by atoms with Crippen LogP contribution in [0.15, 0.2) is 29.3 Å². The predicted molar refractivity (Wildman–Crippen MR) is 118 cm³/mol. The number of benzene rings is 1. The number of carbonyl (C=O) groups is 1. The number of nitrogens with zero attached hydrogens (tertiary/aromatic N) is 1. The lowest BCUT2D eigenvalue weighted by Crippen LogP contribution is -2.40. The number of anilines is 1. The van der Waals surface area contributed by atoms with Crippen LogP contribution in [0.1, 0.15) is 57.4 Å². The molecule has 1 saturated carbocycles. The lowest BCUT2D eigenvalue weighted by Gasteiger charge is -2.27. The van der Waals surface area contributed by atoms with Crippen molar-refractivity contribution in [1.29, 1.82) is 0 Å². The zero-order valence-electron chi connectivity index (χ0n) is 17.3. The zero-order valence-corrected chi connectivity index (χ0v) is 18.9. The van der Waals surface area contributed by atoms with Gasteiger partial charge in [-0.05, 0) is 58.6 Å². The van der Waals surface area contributed by atoms with Crippen LogP contribution in [0, 0.1) is 0 Å². The average molecular weight is 453 g/mol. The van der Waals surface area contributed by atoms with Crippen LogP contribution in [0.5, 0.6) is 0 Å². The first-order chi connectivity index (χ1) is 13.9. The van der Waals surface area contributed by atoms with E-state index < -0.39 is 21.7 Å². The molecule has 1 aromatic carbocycles. The molecule has 1 amide bonds. The number of sulfonamides is 1. The summed E-state index contributed by atoms with van der Waals surface area (Å²) in [5.41, 5.74) is 6.21. The number of aromatic nitrogens is 1. The van der Waals surface area contributed by atoms with Crippen molar-refractivity contribution in [3.05, 3.63) is 29.4 Å². The third-order valence-electron chi connectivity index (χ3n) is 4.93. The van der Waals surface area contributed by atoms with E-state index in [0.29, 0.717) is 11.3 Å². The van der Waals surface area contributed by atoms with Gasteiger partial charge in [0.2, 0.25) is 10.0 Å². The highest BCUT2D eigenvalue weighted by atomic mass is 32.2. The highest BCUT2D eigenvalue weighted by Gasteiger charge is 2.28. The van der Waals surface area contributed by atoms with Gasteiger partial charge in [-0.3, -0.25) is 0 Å². The van der Waals surface area contributed by atoms with Crippen LogP contribution in [0.2, 0.25) is 0 Å². The maximum atomic E-state index is 13.0. The summed E-state index contributed by atoms with van der Waals surface area (Å²) in [4.78, 5) is 16.3. The van der Waals surface area contributed by atoms with E-state index in [4.69, 9.17) is 10.8 Å². The van der Waals surface area contributed by atoms with E-state index in [1.807, 2.05) is 0 Å². The van der Waals surface area contributed by atoms with Crippen molar-refractivity contribution in [3.8, 4) is 10.4 Å². The summed E-state index contributed by atoms with van der Waals surface area (Å²) in [6, 6.07) is 4.87. The molecule has 1 aliphatic carbocycles. The smallest absolute Gasteiger partial charge is 0.404 e. The topological polar surface area (TPSA) is 134 Å². The first-order valence-corrected chi connectivity index (χ1v) is 12.1. The molecular weight excluding hydrogens is 424 g/mol. The molecule has 0 spiro atoms. The molecular formula is C20H28N4O4S2. The molecule has 3 rings (SSSR count). The summed E-state index contributed by atoms with van der Waals surface area (Å²) >= 11 is 1.48. The summed E-state index contributed by atoms with van der Waals surface area (Å²) in [6.45, 7) is 5.37. The van der Waals surface area contributed by atoms with Crippen molar-refractivity contribution < 1.29 is 18.3 Å². The molecule has 164 valence electrons. The lowest BCUT2D eigenvalue weighted by atomic mass is 9.86. The number of nitrogens with one attached hydrogen (secondary N) is 2. The van der Waals surface area contributed by atoms with Gasteiger partial charge in [-0.15, -0.1) is 11.3 Å². The minimum atomic E-state index is -3.77. The molecule has 2 aromatic rings. The Kier molecular flexibility index (Phi) is 6.40. The third kappa shape index (κ3) is 5.50. The summed E-state index contributed by atoms with van der Waals surface area (Å²) < 4.78 is 28.7. The van der Waals surface area contributed by atoms with Gasteiger partial charge >= 0.3 is 6.09 Å². The van der Waals surface area contributed by atoms with E-state index in [1.54, 1.807) is 39.1 Å². The van der Waals surface area contributed by atoms with Crippen molar-refractivity contribution in [2.24, 2.45) is 0 Å². The van der Waals surface area contributed by atoms with Crippen LogP contribution in [-0.2, 0) is 10.0 Å². The Morgan fingerprint density at radius 1 is 1.23 bits per heavy atom. The number of amides is 1. The van der Waals surface area contributed by atoms with Crippen LogP contribution >= 0.6 is 11.3 Å². The second-order valence-electron chi connectivity index (χ2n) is 8.67. The van der Waals surface area contributed by atoms with Crippen molar-refractivity contribution in [1.82, 2.24) is 15.0 Å². The highest BCUT2D eigenvalue weighted by Crippen LogP contribution is 2.39. The Bertz CT molecular complexity index is 1020. The van der Waals surface area contributed by atoms with E-state index in [9.17, 15) is 13.2 Å². The van der Waals surface area contributed by atoms with Crippen molar-refractivity contribution in [2.75, 3.05) is 5.73 Å². The number of hydrogen-bond donors (Lipinski definition) is 4. The summed E-state index contributed by atoms with van der Waals surface area (Å²) in [5.74, 6) is 0.247. The molecule has 0 atom stereocenters. The first-order valence-electron chi connectivity index (χ1n) is 9.84. The molecule has 0 radical (unpaired) electrons. The number of thiazole rings is 1. The maximum absolute atomic E-state index is 13.0. The molecule has 5 N–H and O–H groups in total. The number of nitrogen functional groups attached to an aromatic ring is 1. The third-order valence-corrected chi connectivity index (χ3v) is 7.92. The molecule has 1 aromatic heterocycles. The number of carboxylic acid groups (broad SMARTS) is 1. The predicted octanol–water partition coefficient (Wildman–Crippen LogP) is 3.76. The molecule has 30 heavy (non-hydrogen) atoms. The Balaban J connectivity index is 1.85. The van der Waals surface area contributed by atoms with Gasteiger partial charge in [-0.2, -0.15) is 0 Å². The van der Waals surface area contributed by atoms with Crippen LogP contribution in [0.4, 0.5) is 10.5 Å². The van der Waals surface area contributed by atoms with E-state index in [0.717, 1.165) is 35.6 Å². The fraction of sp³-hybridized carbons (Fsp3) is 0.500. The molecule has 0 aliphatic heterocycles. The second kappa shape index (κ2) is 8.52. The zero-order chi connectivity index (χ0) is 22.1. The van der Waals surface area contributed by atoms with Crippen LogP contribution in [0.3, 0.4) is 0 Å². The molecule has 8 nitrogen and oxygen atoms in total. The second-order valence-corrected chi connectivity index (χ2v) is 11.4. The minimum absolute atomic E-state index is 0.0181. The van der Waals surface area contributed by atoms with Gasteiger partial charge in [-0.25, -0.2) is 22.9 Å². The fourth-order valence-corrected chi connectivity index (χ4v) is 6.55. The van der Waals surface area contributed by atoms with E-state index in [1.165, 1.54) is 17.4 Å². The molecule has 0 unspecified atom stereocenters. The Morgan fingerprint density at radius 2 is 1.90 bits per heavy atom. The van der Waals surface area contributed by atoms with Gasteiger partial charge in [0, 0.05) is 34.9 Å². The number of nitrogens with two attached hydrogens (primary N) is 1. The first kappa shape index (κ1) is 22.5. The molecule has 0 bridgehead atoms. The number of hydrogen-bond acceptors (Lipinski definition) is 6. The standard InChI is InChI=1S/C20H28N4O4S2/c1-20(2,3)24-30(27,28)17-10-13(21)6-9-15(17)16-11-22-18(29-16)12-4-7-14(8-5-12)23-19(25)26/h6,9-12,14,23-24H,4-5,7-8,21H2,1-3H3,(H,25,26). The fourth-order valence-electron chi connectivity index (χ4n) is 3.68. The Hall–Kier alpha value is -2.17. The molecule has 10 heteroatoms. The molecule has 1 aliphatic rings.